The number of rotatable bonds is 6. The van der Waals surface area contributed by atoms with Crippen molar-refractivity contribution in [3.63, 3.8) is 0 Å². The fraction of sp³-hybridized carbons (Fsp3) is 1.00. The smallest absolute Gasteiger partial charge is 0.00950 e. The highest BCUT2D eigenvalue weighted by Crippen LogP contribution is 2.35. The zero-order valence-corrected chi connectivity index (χ0v) is 11.1. The van der Waals surface area contributed by atoms with Gasteiger partial charge < -0.3 is 5.32 Å². The molecule has 0 bridgehead atoms. The summed E-state index contributed by atoms with van der Waals surface area (Å²) in [4.78, 5) is 0. The van der Waals surface area contributed by atoms with Gasteiger partial charge >= 0.3 is 0 Å². The van der Waals surface area contributed by atoms with Crippen molar-refractivity contribution in [1.29, 1.82) is 0 Å². The van der Waals surface area contributed by atoms with Crippen LogP contribution in [0.3, 0.4) is 0 Å². The van der Waals surface area contributed by atoms with E-state index in [1.54, 1.807) is 0 Å². The molecule has 15 heavy (non-hydrogen) atoms. The van der Waals surface area contributed by atoms with E-state index in [0.717, 1.165) is 23.8 Å². The summed E-state index contributed by atoms with van der Waals surface area (Å²) in [7, 11) is 2.15. The Kier molecular flexibility index (Phi) is 5.66. The molecule has 1 fully saturated rings. The fourth-order valence-corrected chi connectivity index (χ4v) is 3.14. The summed E-state index contributed by atoms with van der Waals surface area (Å²) in [6.45, 7) is 7.07. The molecule has 1 heteroatoms. The van der Waals surface area contributed by atoms with Crippen LogP contribution in [0.4, 0.5) is 0 Å². The average molecular weight is 211 g/mol. The molecule has 0 aliphatic heterocycles. The molecule has 90 valence electrons. The van der Waals surface area contributed by atoms with Crippen LogP contribution in [0.15, 0.2) is 0 Å². The van der Waals surface area contributed by atoms with Gasteiger partial charge in [-0.2, -0.15) is 0 Å². The summed E-state index contributed by atoms with van der Waals surface area (Å²) in [6, 6.07) is 0.778. The first-order chi connectivity index (χ1) is 7.21. The first-order valence-corrected chi connectivity index (χ1v) is 6.88. The molecular formula is C14H29N. The maximum atomic E-state index is 3.56. The maximum Gasteiger partial charge on any atom is 0.00950 e. The normalized spacial score (nSPS) is 28.6. The van der Waals surface area contributed by atoms with Crippen molar-refractivity contribution < 1.29 is 0 Å². The Balaban J connectivity index is 2.41. The van der Waals surface area contributed by atoms with Crippen LogP contribution in [-0.2, 0) is 0 Å². The summed E-state index contributed by atoms with van der Waals surface area (Å²) >= 11 is 0. The molecule has 0 aromatic carbocycles. The second-order valence-electron chi connectivity index (χ2n) is 5.49. The van der Waals surface area contributed by atoms with Gasteiger partial charge in [-0.05, 0) is 44.1 Å². The van der Waals surface area contributed by atoms with Crippen molar-refractivity contribution in [2.75, 3.05) is 7.05 Å². The zero-order chi connectivity index (χ0) is 11.3. The molecule has 1 N–H and O–H groups in total. The van der Waals surface area contributed by atoms with Gasteiger partial charge in [-0.25, -0.2) is 0 Å². The van der Waals surface area contributed by atoms with Crippen LogP contribution in [-0.4, -0.2) is 13.1 Å². The molecule has 3 unspecified atom stereocenters. The van der Waals surface area contributed by atoms with Crippen LogP contribution in [0.25, 0.3) is 0 Å². The highest BCUT2D eigenvalue weighted by atomic mass is 14.9. The molecular weight excluding hydrogens is 182 g/mol. The van der Waals surface area contributed by atoms with Gasteiger partial charge in [0.15, 0.2) is 0 Å². The lowest BCUT2D eigenvalue weighted by molar-refractivity contribution is 0.293. The van der Waals surface area contributed by atoms with Crippen molar-refractivity contribution in [2.45, 2.75) is 65.3 Å². The van der Waals surface area contributed by atoms with Crippen molar-refractivity contribution in [3.05, 3.63) is 0 Å². The molecule has 3 atom stereocenters. The van der Waals surface area contributed by atoms with Gasteiger partial charge in [-0.3, -0.25) is 0 Å². The van der Waals surface area contributed by atoms with E-state index in [1.807, 2.05) is 0 Å². The van der Waals surface area contributed by atoms with E-state index in [1.165, 1.54) is 38.5 Å². The third kappa shape index (κ3) is 3.79. The molecule has 0 heterocycles. The van der Waals surface area contributed by atoms with E-state index in [-0.39, 0.29) is 0 Å². The highest BCUT2D eigenvalue weighted by molar-refractivity contribution is 4.83. The van der Waals surface area contributed by atoms with E-state index >= 15 is 0 Å². The van der Waals surface area contributed by atoms with Crippen molar-refractivity contribution in [1.82, 2.24) is 5.32 Å². The fourth-order valence-electron chi connectivity index (χ4n) is 3.14. The Morgan fingerprint density at radius 2 is 1.87 bits per heavy atom. The summed E-state index contributed by atoms with van der Waals surface area (Å²) in [6.07, 6.45) is 8.43. The summed E-state index contributed by atoms with van der Waals surface area (Å²) in [5.74, 6) is 2.84. The van der Waals surface area contributed by atoms with E-state index in [2.05, 4.69) is 33.1 Å². The second-order valence-corrected chi connectivity index (χ2v) is 5.49. The summed E-state index contributed by atoms with van der Waals surface area (Å²) in [5.41, 5.74) is 0. The lowest BCUT2D eigenvalue weighted by atomic mass is 9.86. The standard InChI is InChI=1S/C14H29N/c1-5-12(6-2)10-14(15-4)13-8-7-11(3)9-13/h11-15H,5-10H2,1-4H3. The molecule has 0 aromatic rings. The first-order valence-electron chi connectivity index (χ1n) is 6.88. The van der Waals surface area contributed by atoms with Crippen LogP contribution in [0.1, 0.15) is 59.3 Å². The van der Waals surface area contributed by atoms with Gasteiger partial charge in [-0.15, -0.1) is 0 Å². The van der Waals surface area contributed by atoms with Crippen molar-refractivity contribution >= 4 is 0 Å². The van der Waals surface area contributed by atoms with Crippen LogP contribution in [0.2, 0.25) is 0 Å². The van der Waals surface area contributed by atoms with Gasteiger partial charge in [0.1, 0.15) is 0 Å². The minimum Gasteiger partial charge on any atom is -0.317 e. The molecule has 0 aromatic heterocycles. The third-order valence-electron chi connectivity index (χ3n) is 4.42. The number of nitrogens with one attached hydrogen (secondary N) is 1. The quantitative estimate of drug-likeness (QED) is 0.704. The number of hydrogen-bond acceptors (Lipinski definition) is 1. The average Bonchev–Trinajstić information content (AvgIpc) is 2.67. The molecule has 1 aliphatic carbocycles. The molecule has 0 saturated heterocycles. The largest absolute Gasteiger partial charge is 0.317 e. The van der Waals surface area contributed by atoms with Crippen LogP contribution in [0.5, 0.6) is 0 Å². The molecule has 1 rings (SSSR count). The second kappa shape index (κ2) is 6.52. The van der Waals surface area contributed by atoms with E-state index in [4.69, 9.17) is 0 Å². The van der Waals surface area contributed by atoms with E-state index in [9.17, 15) is 0 Å². The highest BCUT2D eigenvalue weighted by Gasteiger charge is 2.28. The molecule has 1 aliphatic rings. The van der Waals surface area contributed by atoms with Crippen molar-refractivity contribution in [2.24, 2.45) is 17.8 Å². The van der Waals surface area contributed by atoms with Crippen LogP contribution in [0, 0.1) is 17.8 Å². The maximum absolute atomic E-state index is 3.56. The Morgan fingerprint density at radius 3 is 2.27 bits per heavy atom. The minimum atomic E-state index is 0.778. The van der Waals surface area contributed by atoms with E-state index in [0.29, 0.717) is 0 Å². The molecule has 0 amide bonds. The van der Waals surface area contributed by atoms with Crippen LogP contribution < -0.4 is 5.32 Å². The summed E-state index contributed by atoms with van der Waals surface area (Å²) in [5, 5.41) is 3.56. The molecule has 1 nitrogen and oxygen atoms in total. The van der Waals surface area contributed by atoms with E-state index < -0.39 is 0 Å². The lowest BCUT2D eigenvalue weighted by Crippen LogP contribution is -2.34. The van der Waals surface area contributed by atoms with Gasteiger partial charge in [0.2, 0.25) is 0 Å². The van der Waals surface area contributed by atoms with Gasteiger partial charge in [0.25, 0.3) is 0 Å². The van der Waals surface area contributed by atoms with Gasteiger partial charge in [0, 0.05) is 6.04 Å². The van der Waals surface area contributed by atoms with Crippen LogP contribution >= 0.6 is 0 Å². The molecule has 1 saturated carbocycles. The first kappa shape index (κ1) is 13.0. The summed E-state index contributed by atoms with van der Waals surface area (Å²) < 4.78 is 0. The Morgan fingerprint density at radius 1 is 1.20 bits per heavy atom. The molecule has 0 radical (unpaired) electrons. The lowest BCUT2D eigenvalue weighted by Gasteiger charge is -2.27. The minimum absolute atomic E-state index is 0.778. The topological polar surface area (TPSA) is 12.0 Å². The predicted octanol–water partition coefficient (Wildman–Crippen LogP) is 3.84. The Labute approximate surface area is 96.0 Å². The monoisotopic (exact) mass is 211 g/mol. The zero-order valence-electron chi connectivity index (χ0n) is 11.1. The van der Waals surface area contributed by atoms with Crippen molar-refractivity contribution in [3.8, 4) is 0 Å². The van der Waals surface area contributed by atoms with Gasteiger partial charge in [0.05, 0.1) is 0 Å². The Hall–Kier alpha value is -0.0400. The van der Waals surface area contributed by atoms with Gasteiger partial charge in [-0.1, -0.05) is 40.0 Å². The third-order valence-corrected chi connectivity index (χ3v) is 4.42. The SMILES string of the molecule is CCC(CC)CC(NC)C1CCC(C)C1. The predicted molar refractivity (Wildman–Crippen MR) is 68.0 cm³/mol. The Bertz CT molecular complexity index is 163. The molecule has 0 spiro atoms. The number of hydrogen-bond donors (Lipinski definition) is 1.